The van der Waals surface area contributed by atoms with Crippen LogP contribution in [-0.2, 0) is 6.54 Å². The lowest BCUT2D eigenvalue weighted by molar-refractivity contribution is 0.313. The summed E-state index contributed by atoms with van der Waals surface area (Å²) >= 11 is 0. The van der Waals surface area contributed by atoms with Gasteiger partial charge in [-0.2, -0.15) is 0 Å². The van der Waals surface area contributed by atoms with Crippen molar-refractivity contribution in [3.05, 3.63) is 24.0 Å². The van der Waals surface area contributed by atoms with Gasteiger partial charge < -0.3 is 16.0 Å². The molecule has 0 saturated heterocycles. The second-order valence-corrected chi connectivity index (χ2v) is 4.44. The van der Waals surface area contributed by atoms with Gasteiger partial charge in [-0.3, -0.25) is 0 Å². The standard InChI is InChI=1S/C12H16N4/c13-7-12-15-10-5-4-8(14)6-11(10)16(12)9-2-1-3-9/h4-6,9H,1-3,7,13-14H2. The van der Waals surface area contributed by atoms with Crippen LogP contribution in [-0.4, -0.2) is 9.55 Å². The average Bonchev–Trinajstić information content (AvgIpc) is 2.55. The van der Waals surface area contributed by atoms with Gasteiger partial charge in [-0.1, -0.05) is 0 Å². The highest BCUT2D eigenvalue weighted by Gasteiger charge is 2.23. The first kappa shape index (κ1) is 9.66. The Balaban J connectivity index is 2.23. The molecule has 4 heteroatoms. The number of fused-ring (bicyclic) bond motifs is 1. The van der Waals surface area contributed by atoms with Gasteiger partial charge in [0.05, 0.1) is 17.6 Å². The number of benzene rings is 1. The number of aromatic nitrogens is 2. The molecule has 2 aromatic rings. The molecule has 0 amide bonds. The van der Waals surface area contributed by atoms with Crippen molar-refractivity contribution in [2.45, 2.75) is 31.8 Å². The molecular formula is C12H16N4. The maximum Gasteiger partial charge on any atom is 0.123 e. The van der Waals surface area contributed by atoms with Gasteiger partial charge in [0.25, 0.3) is 0 Å². The molecule has 4 N–H and O–H groups in total. The quantitative estimate of drug-likeness (QED) is 0.752. The molecule has 16 heavy (non-hydrogen) atoms. The number of nitrogen functional groups attached to an aromatic ring is 1. The molecular weight excluding hydrogens is 200 g/mol. The van der Waals surface area contributed by atoms with E-state index in [1.165, 1.54) is 19.3 Å². The monoisotopic (exact) mass is 216 g/mol. The van der Waals surface area contributed by atoms with Gasteiger partial charge in [0.1, 0.15) is 5.82 Å². The Hall–Kier alpha value is -1.55. The first-order valence-electron chi connectivity index (χ1n) is 5.76. The van der Waals surface area contributed by atoms with Gasteiger partial charge in [-0.05, 0) is 37.5 Å². The first-order valence-corrected chi connectivity index (χ1v) is 5.76. The van der Waals surface area contributed by atoms with Crippen molar-refractivity contribution in [3.8, 4) is 0 Å². The Morgan fingerprint density at radius 3 is 2.81 bits per heavy atom. The van der Waals surface area contributed by atoms with Gasteiger partial charge in [0.15, 0.2) is 0 Å². The fourth-order valence-corrected chi connectivity index (χ4v) is 2.36. The van der Waals surface area contributed by atoms with Crippen molar-refractivity contribution in [3.63, 3.8) is 0 Å². The largest absolute Gasteiger partial charge is 0.399 e. The van der Waals surface area contributed by atoms with Crippen molar-refractivity contribution in [1.82, 2.24) is 9.55 Å². The van der Waals surface area contributed by atoms with Crippen molar-refractivity contribution in [1.29, 1.82) is 0 Å². The Kier molecular flexibility index (Phi) is 2.11. The summed E-state index contributed by atoms with van der Waals surface area (Å²) in [5, 5.41) is 0. The van der Waals surface area contributed by atoms with Crippen LogP contribution in [0.3, 0.4) is 0 Å². The van der Waals surface area contributed by atoms with Crippen LogP contribution in [0.1, 0.15) is 31.1 Å². The molecule has 84 valence electrons. The average molecular weight is 216 g/mol. The number of anilines is 1. The molecule has 3 rings (SSSR count). The molecule has 1 saturated carbocycles. The van der Waals surface area contributed by atoms with Crippen molar-refractivity contribution < 1.29 is 0 Å². The van der Waals surface area contributed by atoms with Gasteiger partial charge in [0.2, 0.25) is 0 Å². The third-order valence-corrected chi connectivity index (χ3v) is 3.41. The fourth-order valence-electron chi connectivity index (χ4n) is 2.36. The van der Waals surface area contributed by atoms with Crippen LogP contribution in [0.25, 0.3) is 11.0 Å². The van der Waals surface area contributed by atoms with Crippen LogP contribution in [0, 0.1) is 0 Å². The smallest absolute Gasteiger partial charge is 0.123 e. The molecule has 0 aliphatic heterocycles. The Labute approximate surface area is 94.3 Å². The predicted molar refractivity (Wildman–Crippen MR) is 64.9 cm³/mol. The van der Waals surface area contributed by atoms with Crippen LogP contribution in [0.2, 0.25) is 0 Å². The van der Waals surface area contributed by atoms with E-state index in [0.717, 1.165) is 22.5 Å². The molecule has 1 aromatic carbocycles. The Morgan fingerprint density at radius 2 is 2.19 bits per heavy atom. The maximum atomic E-state index is 5.83. The first-order chi connectivity index (χ1) is 7.79. The summed E-state index contributed by atoms with van der Waals surface area (Å²) in [7, 11) is 0. The van der Waals surface area contributed by atoms with Crippen LogP contribution in [0.4, 0.5) is 5.69 Å². The van der Waals surface area contributed by atoms with E-state index in [1.54, 1.807) is 0 Å². The van der Waals surface area contributed by atoms with Crippen molar-refractivity contribution in [2.24, 2.45) is 5.73 Å². The number of nitrogens with two attached hydrogens (primary N) is 2. The van der Waals surface area contributed by atoms with Crippen LogP contribution >= 0.6 is 0 Å². The minimum Gasteiger partial charge on any atom is -0.399 e. The molecule has 1 aliphatic rings. The third-order valence-electron chi connectivity index (χ3n) is 3.41. The maximum absolute atomic E-state index is 5.83. The number of hydrogen-bond donors (Lipinski definition) is 2. The summed E-state index contributed by atoms with van der Waals surface area (Å²) in [6, 6.07) is 6.44. The van der Waals surface area contributed by atoms with Gasteiger partial charge in [0, 0.05) is 11.7 Å². The second-order valence-electron chi connectivity index (χ2n) is 4.44. The van der Waals surface area contributed by atoms with E-state index in [0.29, 0.717) is 12.6 Å². The highest BCUT2D eigenvalue weighted by atomic mass is 15.1. The SMILES string of the molecule is NCc1nc2ccc(N)cc2n1C1CCC1. The zero-order valence-electron chi connectivity index (χ0n) is 9.19. The minimum atomic E-state index is 0.491. The lowest BCUT2D eigenvalue weighted by Crippen LogP contribution is -2.20. The van der Waals surface area contributed by atoms with Crippen LogP contribution in [0.15, 0.2) is 18.2 Å². The molecule has 0 radical (unpaired) electrons. The van der Waals surface area contributed by atoms with Crippen LogP contribution < -0.4 is 11.5 Å². The van der Waals surface area contributed by atoms with E-state index in [4.69, 9.17) is 11.5 Å². The van der Waals surface area contributed by atoms with E-state index >= 15 is 0 Å². The fraction of sp³-hybridized carbons (Fsp3) is 0.417. The molecule has 1 fully saturated rings. The summed E-state index contributed by atoms with van der Waals surface area (Å²) in [6.45, 7) is 0.491. The van der Waals surface area contributed by atoms with Gasteiger partial charge in [-0.25, -0.2) is 4.98 Å². The Morgan fingerprint density at radius 1 is 1.38 bits per heavy atom. The lowest BCUT2D eigenvalue weighted by atomic mass is 9.92. The van der Waals surface area contributed by atoms with Crippen LogP contribution in [0.5, 0.6) is 0 Å². The summed E-state index contributed by atoms with van der Waals surface area (Å²) in [6.07, 6.45) is 3.76. The third kappa shape index (κ3) is 1.30. The second kappa shape index (κ2) is 3.49. The molecule has 1 heterocycles. The van der Waals surface area contributed by atoms with E-state index in [1.807, 2.05) is 18.2 Å². The molecule has 4 nitrogen and oxygen atoms in total. The zero-order valence-corrected chi connectivity index (χ0v) is 9.19. The lowest BCUT2D eigenvalue weighted by Gasteiger charge is -2.29. The molecule has 0 unspecified atom stereocenters. The topological polar surface area (TPSA) is 69.9 Å². The Bertz CT molecular complexity index is 525. The number of rotatable bonds is 2. The molecule has 0 spiro atoms. The van der Waals surface area contributed by atoms with Crippen molar-refractivity contribution in [2.75, 3.05) is 5.73 Å². The van der Waals surface area contributed by atoms with Gasteiger partial charge in [-0.15, -0.1) is 0 Å². The van der Waals surface area contributed by atoms with Gasteiger partial charge >= 0.3 is 0 Å². The number of hydrogen-bond acceptors (Lipinski definition) is 3. The number of nitrogens with zero attached hydrogens (tertiary/aromatic N) is 2. The molecule has 0 atom stereocenters. The summed E-state index contributed by atoms with van der Waals surface area (Å²) in [4.78, 5) is 4.56. The van der Waals surface area contributed by atoms with E-state index in [-0.39, 0.29) is 0 Å². The molecule has 1 aliphatic carbocycles. The summed E-state index contributed by atoms with van der Waals surface area (Å²) in [5.41, 5.74) is 14.5. The highest BCUT2D eigenvalue weighted by Crippen LogP contribution is 2.35. The summed E-state index contributed by atoms with van der Waals surface area (Å²) < 4.78 is 2.27. The minimum absolute atomic E-state index is 0.491. The van der Waals surface area contributed by atoms with E-state index in [9.17, 15) is 0 Å². The summed E-state index contributed by atoms with van der Waals surface area (Å²) in [5.74, 6) is 0.977. The normalized spacial score (nSPS) is 16.6. The van der Waals surface area contributed by atoms with Crippen molar-refractivity contribution >= 4 is 16.7 Å². The van der Waals surface area contributed by atoms with E-state index < -0.39 is 0 Å². The zero-order chi connectivity index (χ0) is 11.1. The predicted octanol–water partition coefficient (Wildman–Crippen LogP) is 1.80. The molecule has 0 bridgehead atoms. The number of imidazole rings is 1. The van der Waals surface area contributed by atoms with E-state index in [2.05, 4.69) is 9.55 Å². The highest BCUT2D eigenvalue weighted by molar-refractivity contribution is 5.80. The molecule has 1 aromatic heterocycles.